The van der Waals surface area contributed by atoms with Crippen molar-refractivity contribution in [3.63, 3.8) is 0 Å². The summed E-state index contributed by atoms with van der Waals surface area (Å²) >= 11 is 0. The van der Waals surface area contributed by atoms with E-state index in [9.17, 15) is 5.11 Å². The second-order valence-corrected chi connectivity index (χ2v) is 20.9. The molecule has 0 saturated heterocycles. The van der Waals surface area contributed by atoms with Gasteiger partial charge in [0.1, 0.15) is 60.9 Å². The molecule has 0 amide bonds. The summed E-state index contributed by atoms with van der Waals surface area (Å²) in [6.45, 7) is 18.2. The molecule has 0 heterocycles. The monoisotopic (exact) mass is 1340 g/mol. The van der Waals surface area contributed by atoms with Crippen molar-refractivity contribution in [1.82, 2.24) is 0 Å². The summed E-state index contributed by atoms with van der Waals surface area (Å²) in [6, 6.07) is 17.2. The van der Waals surface area contributed by atoms with Gasteiger partial charge < -0.3 is 119 Å². The molecule has 3 aromatic carbocycles. The summed E-state index contributed by atoms with van der Waals surface area (Å²) in [5.74, 6) is 4.02. The van der Waals surface area contributed by atoms with E-state index in [1.165, 1.54) is 0 Å². The van der Waals surface area contributed by atoms with Gasteiger partial charge in [-0.2, -0.15) is 0 Å². The third-order valence-corrected chi connectivity index (χ3v) is 13.1. The normalized spacial score (nSPS) is 11.5. The van der Waals surface area contributed by atoms with Gasteiger partial charge in [-0.1, -0.05) is 12.8 Å². The minimum atomic E-state index is -0.109. The number of benzene rings is 3. The van der Waals surface area contributed by atoms with Gasteiger partial charge in [-0.25, -0.2) is 0 Å². The van der Waals surface area contributed by atoms with Gasteiger partial charge in [-0.15, -0.1) is 0 Å². The van der Waals surface area contributed by atoms with Crippen molar-refractivity contribution in [1.29, 1.82) is 0 Å². The van der Waals surface area contributed by atoms with Crippen LogP contribution in [0.1, 0.15) is 68.1 Å². The lowest BCUT2D eigenvalue weighted by atomic mass is 10.2. The van der Waals surface area contributed by atoms with E-state index in [1.807, 2.05) is 54.6 Å². The van der Waals surface area contributed by atoms with Gasteiger partial charge in [-0.05, 0) is 91.6 Å². The molecule has 0 aromatic heterocycles. The Bertz CT molecular complexity index is 1880. The Balaban J connectivity index is 1.32. The molecule has 1 N–H and O–H groups in total. The lowest BCUT2D eigenvalue weighted by molar-refractivity contribution is -0.000118. The second kappa shape index (κ2) is 64.7. The number of methoxy groups -OCH3 is 4. The van der Waals surface area contributed by atoms with Crippen molar-refractivity contribution in [3.8, 4) is 34.5 Å². The number of rotatable bonds is 73. The third-order valence-electron chi connectivity index (χ3n) is 13.1. The molecule has 0 aliphatic carbocycles. The Hall–Kier alpha value is -4.30. The molecule has 3 rings (SSSR count). The first-order valence-electron chi connectivity index (χ1n) is 33.4. The first-order valence-corrected chi connectivity index (χ1v) is 33.4. The summed E-state index contributed by atoms with van der Waals surface area (Å²) in [7, 11) is 6.57. The zero-order valence-corrected chi connectivity index (χ0v) is 57.2. The number of hydrogen-bond donors (Lipinski definition) is 1. The van der Waals surface area contributed by atoms with Crippen LogP contribution in [0.2, 0.25) is 0 Å². The predicted octanol–water partition coefficient (Wildman–Crippen LogP) is 7.79. The zero-order chi connectivity index (χ0) is 66.8. The van der Waals surface area contributed by atoms with Gasteiger partial charge in [0, 0.05) is 59.9 Å². The van der Waals surface area contributed by atoms with Crippen LogP contribution in [0.15, 0.2) is 54.6 Å². The summed E-state index contributed by atoms with van der Waals surface area (Å²) < 4.78 is 135. The van der Waals surface area contributed by atoms with Crippen molar-refractivity contribution in [2.24, 2.45) is 0 Å². The largest absolute Gasteiger partial charge is 0.493 e. The molecule has 0 unspecified atom stereocenters. The lowest BCUT2D eigenvalue weighted by Gasteiger charge is -2.14. The van der Waals surface area contributed by atoms with Gasteiger partial charge in [0.15, 0.2) is 0 Å². The van der Waals surface area contributed by atoms with Crippen molar-refractivity contribution < 1.29 is 119 Å². The standard InChI is InChI=1S/C69H116O25/c1-71-17-21-75-25-29-79-33-37-83-41-45-91-66-51-62(52-67(56-66)92-46-42-84-38-34-80-30-26-76-22-18-72-2)59-87-13-9-5-7-11-15-89-64-49-61(58-70)50-65(55-64)90-16-12-8-6-10-14-88-60-63-53-68(93-47-43-85-39-35-81-31-27-77-23-19-73-3)57-69(54-63)94-48-44-86-40-36-82-32-28-78-24-20-74-4/h49-57,70H,5-48,58-60H2,1-4H3. The van der Waals surface area contributed by atoms with Crippen LogP contribution >= 0.6 is 0 Å². The van der Waals surface area contributed by atoms with E-state index in [2.05, 4.69) is 0 Å². The first kappa shape index (κ1) is 83.9. The summed E-state index contributed by atoms with van der Waals surface area (Å²) in [5.41, 5.74) is 2.61. The lowest BCUT2D eigenvalue weighted by Crippen LogP contribution is -2.14. The Kier molecular flexibility index (Phi) is 57.8. The molecular weight excluding hydrogens is 1230 g/mol. The minimum absolute atomic E-state index is 0.109. The summed E-state index contributed by atoms with van der Waals surface area (Å²) in [5, 5.41) is 10.0. The molecule has 0 saturated carbocycles. The van der Waals surface area contributed by atoms with Crippen LogP contribution < -0.4 is 28.4 Å². The van der Waals surface area contributed by atoms with Crippen LogP contribution in [0.4, 0.5) is 0 Å². The number of unbranched alkanes of at least 4 members (excludes halogenated alkanes) is 6. The highest BCUT2D eigenvalue weighted by Crippen LogP contribution is 2.27. The predicted molar refractivity (Wildman–Crippen MR) is 352 cm³/mol. The maximum atomic E-state index is 10.0. The Morgan fingerprint density at radius 3 is 0.606 bits per heavy atom. The fourth-order valence-electron chi connectivity index (χ4n) is 8.34. The van der Waals surface area contributed by atoms with Gasteiger partial charge in [0.25, 0.3) is 0 Å². The summed E-state index contributed by atoms with van der Waals surface area (Å²) in [4.78, 5) is 0. The quantitative estimate of drug-likeness (QED) is 0.0530. The molecule has 25 heteroatoms. The van der Waals surface area contributed by atoms with E-state index in [0.717, 1.165) is 68.1 Å². The zero-order valence-electron chi connectivity index (χ0n) is 57.2. The highest BCUT2D eigenvalue weighted by molar-refractivity contribution is 5.40. The fraction of sp³-hybridized carbons (Fsp3) is 0.739. The van der Waals surface area contributed by atoms with Crippen molar-refractivity contribution in [3.05, 3.63) is 71.3 Å². The molecule has 0 spiro atoms. The molecule has 94 heavy (non-hydrogen) atoms. The Morgan fingerprint density at radius 2 is 0.383 bits per heavy atom. The minimum Gasteiger partial charge on any atom is -0.493 e. The average Bonchev–Trinajstić information content (AvgIpc) is 1.51. The topological polar surface area (TPSA) is 242 Å². The van der Waals surface area contributed by atoms with Crippen LogP contribution in [0, 0.1) is 0 Å². The maximum Gasteiger partial charge on any atom is 0.123 e. The van der Waals surface area contributed by atoms with Crippen molar-refractivity contribution in [2.45, 2.75) is 71.2 Å². The number of aliphatic hydroxyl groups is 1. The second-order valence-electron chi connectivity index (χ2n) is 20.9. The molecule has 0 atom stereocenters. The molecule has 0 radical (unpaired) electrons. The molecule has 3 aromatic rings. The van der Waals surface area contributed by atoms with E-state index in [0.29, 0.717) is 286 Å². The van der Waals surface area contributed by atoms with E-state index in [4.69, 9.17) is 114 Å². The SMILES string of the molecule is COCCOCCOCCOCCOc1cc(COCCCCCCOc2cc(CO)cc(OCCCCCCOCc3cc(OCCOCCOCCOCCOC)cc(OCCOCCOCCOCCOC)c3)c2)cc(OCCOCCOCCOCCOC)c1. The van der Waals surface area contributed by atoms with E-state index in [-0.39, 0.29) is 6.61 Å². The number of aliphatic hydroxyl groups excluding tert-OH is 1. The van der Waals surface area contributed by atoms with Crippen LogP contribution in [0.5, 0.6) is 34.5 Å². The molecule has 0 aliphatic rings. The molecule has 542 valence electrons. The molecule has 0 bridgehead atoms. The van der Waals surface area contributed by atoms with Crippen LogP contribution in [-0.2, 0) is 105 Å². The van der Waals surface area contributed by atoms with E-state index in [1.54, 1.807) is 28.4 Å². The molecule has 0 fully saturated rings. The highest BCUT2D eigenvalue weighted by Gasteiger charge is 2.10. The molecule has 0 aliphatic heterocycles. The molecular formula is C69H116O25. The third kappa shape index (κ3) is 51.0. The van der Waals surface area contributed by atoms with Crippen LogP contribution in [0.3, 0.4) is 0 Å². The number of ether oxygens (including phenoxy) is 24. The Morgan fingerprint density at radius 1 is 0.191 bits per heavy atom. The molecule has 25 nitrogen and oxygen atoms in total. The van der Waals surface area contributed by atoms with Crippen molar-refractivity contribution in [2.75, 3.05) is 266 Å². The average molecular weight is 1350 g/mol. The Labute approximate surface area is 560 Å². The number of hydrogen-bond acceptors (Lipinski definition) is 25. The maximum absolute atomic E-state index is 10.0. The summed E-state index contributed by atoms with van der Waals surface area (Å²) in [6.07, 6.45) is 7.52. The van der Waals surface area contributed by atoms with Gasteiger partial charge in [0.05, 0.1) is 218 Å². The van der Waals surface area contributed by atoms with E-state index < -0.39 is 0 Å². The highest BCUT2D eigenvalue weighted by atomic mass is 16.6. The fourth-order valence-corrected chi connectivity index (χ4v) is 8.34. The smallest absolute Gasteiger partial charge is 0.123 e. The first-order chi connectivity index (χ1) is 46.6. The van der Waals surface area contributed by atoms with Gasteiger partial charge in [0.2, 0.25) is 0 Å². The van der Waals surface area contributed by atoms with Crippen LogP contribution in [-0.4, -0.2) is 271 Å². The van der Waals surface area contributed by atoms with Crippen molar-refractivity contribution >= 4 is 0 Å². The van der Waals surface area contributed by atoms with Gasteiger partial charge >= 0.3 is 0 Å². The van der Waals surface area contributed by atoms with Crippen LogP contribution in [0.25, 0.3) is 0 Å². The van der Waals surface area contributed by atoms with Gasteiger partial charge in [-0.3, -0.25) is 0 Å². The van der Waals surface area contributed by atoms with E-state index >= 15 is 0 Å².